The van der Waals surface area contributed by atoms with Crippen molar-refractivity contribution in [3.05, 3.63) is 0 Å². The van der Waals surface area contributed by atoms with Gasteiger partial charge in [0.15, 0.2) is 0 Å². The smallest absolute Gasteiger partial charge is 0.408 e. The zero-order valence-corrected chi connectivity index (χ0v) is 12.2. The number of hydrogen-bond acceptors (Lipinski definition) is 4. The fourth-order valence-electron chi connectivity index (χ4n) is 2.11. The highest BCUT2D eigenvalue weighted by Crippen LogP contribution is 2.40. The van der Waals surface area contributed by atoms with Gasteiger partial charge in [-0.25, -0.2) is 4.79 Å². The van der Waals surface area contributed by atoms with Crippen molar-refractivity contribution >= 4 is 12.1 Å². The molecule has 0 aliphatic carbocycles. The molecule has 110 valence electrons. The van der Waals surface area contributed by atoms with E-state index in [0.29, 0.717) is 6.61 Å². The molecule has 1 amide bonds. The van der Waals surface area contributed by atoms with Gasteiger partial charge in [-0.05, 0) is 20.8 Å². The number of carboxylic acid groups (broad SMARTS) is 1. The van der Waals surface area contributed by atoms with Crippen molar-refractivity contribution in [3.63, 3.8) is 0 Å². The summed E-state index contributed by atoms with van der Waals surface area (Å²) in [6.45, 7) is 9.59. The van der Waals surface area contributed by atoms with E-state index in [1.165, 1.54) is 0 Å². The molecule has 0 spiro atoms. The molecule has 1 aliphatic rings. The SMILES string of the molecule is CC(C)(C)OC(=O)NC1(CC(=O)O)COCC1(C)C. The number of carbonyl (C=O) groups excluding carboxylic acids is 1. The summed E-state index contributed by atoms with van der Waals surface area (Å²) in [5.41, 5.74) is -2.04. The van der Waals surface area contributed by atoms with Gasteiger partial charge in [0.25, 0.3) is 0 Å². The van der Waals surface area contributed by atoms with E-state index in [1.54, 1.807) is 20.8 Å². The first-order valence-corrected chi connectivity index (χ1v) is 6.28. The predicted octanol–water partition coefficient (Wildman–Crippen LogP) is 1.78. The van der Waals surface area contributed by atoms with E-state index in [4.69, 9.17) is 14.6 Å². The standard InChI is InChI=1S/C13H23NO5/c1-11(2,3)19-10(17)14-13(6-9(15)16)8-18-7-12(13,4)5/h6-8H2,1-5H3,(H,14,17)(H,15,16). The van der Waals surface area contributed by atoms with Gasteiger partial charge >= 0.3 is 12.1 Å². The second-order valence-corrected chi connectivity index (χ2v) is 6.66. The van der Waals surface area contributed by atoms with Crippen LogP contribution in [0.2, 0.25) is 0 Å². The topological polar surface area (TPSA) is 84.9 Å². The molecule has 0 bridgehead atoms. The van der Waals surface area contributed by atoms with Crippen molar-refractivity contribution in [2.45, 2.75) is 52.2 Å². The third-order valence-electron chi connectivity index (χ3n) is 3.30. The minimum absolute atomic E-state index is 0.172. The van der Waals surface area contributed by atoms with Crippen LogP contribution in [0.25, 0.3) is 0 Å². The van der Waals surface area contributed by atoms with E-state index in [2.05, 4.69) is 5.32 Å². The molecular formula is C13H23NO5. The molecule has 1 atom stereocenters. The second kappa shape index (κ2) is 5.00. The van der Waals surface area contributed by atoms with Crippen LogP contribution in [0.4, 0.5) is 4.79 Å². The maximum Gasteiger partial charge on any atom is 0.408 e. The van der Waals surface area contributed by atoms with Crippen molar-refractivity contribution in [2.24, 2.45) is 5.41 Å². The molecule has 19 heavy (non-hydrogen) atoms. The van der Waals surface area contributed by atoms with Crippen molar-refractivity contribution in [3.8, 4) is 0 Å². The average molecular weight is 273 g/mol. The monoisotopic (exact) mass is 273 g/mol. The van der Waals surface area contributed by atoms with Crippen LogP contribution in [0.1, 0.15) is 41.0 Å². The Morgan fingerprint density at radius 3 is 2.26 bits per heavy atom. The molecule has 2 N–H and O–H groups in total. The first kappa shape index (κ1) is 15.8. The zero-order chi connectivity index (χ0) is 14.9. The van der Waals surface area contributed by atoms with Crippen LogP contribution in [-0.4, -0.2) is 41.5 Å². The molecule has 1 fully saturated rings. The quantitative estimate of drug-likeness (QED) is 0.818. The molecule has 0 aromatic carbocycles. The Kier molecular flexibility index (Phi) is 4.14. The van der Waals surface area contributed by atoms with E-state index in [0.717, 1.165) is 0 Å². The highest BCUT2D eigenvalue weighted by molar-refractivity contribution is 5.73. The zero-order valence-electron chi connectivity index (χ0n) is 12.2. The predicted molar refractivity (Wildman–Crippen MR) is 69.0 cm³/mol. The Labute approximate surface area is 113 Å². The van der Waals surface area contributed by atoms with Crippen LogP contribution in [0, 0.1) is 5.41 Å². The molecule has 1 unspecified atom stereocenters. The Hall–Kier alpha value is -1.30. The van der Waals surface area contributed by atoms with E-state index < -0.39 is 28.6 Å². The number of alkyl carbamates (subject to hydrolysis) is 1. The molecule has 6 nitrogen and oxygen atoms in total. The van der Waals surface area contributed by atoms with E-state index >= 15 is 0 Å². The van der Waals surface area contributed by atoms with Crippen molar-refractivity contribution in [1.82, 2.24) is 5.32 Å². The summed E-state index contributed by atoms with van der Waals surface area (Å²) in [7, 11) is 0. The molecule has 0 radical (unpaired) electrons. The van der Waals surface area contributed by atoms with Crippen LogP contribution in [0.3, 0.4) is 0 Å². The summed E-state index contributed by atoms with van der Waals surface area (Å²) in [6.07, 6.45) is -0.813. The molecule has 0 saturated carbocycles. The molecule has 1 saturated heterocycles. The van der Waals surface area contributed by atoms with Crippen LogP contribution in [-0.2, 0) is 14.3 Å². The van der Waals surface area contributed by atoms with E-state index in [-0.39, 0.29) is 13.0 Å². The molecule has 1 heterocycles. The average Bonchev–Trinajstić information content (AvgIpc) is 2.36. The van der Waals surface area contributed by atoms with Crippen molar-refractivity contribution in [1.29, 1.82) is 0 Å². The van der Waals surface area contributed by atoms with Gasteiger partial charge in [-0.1, -0.05) is 13.8 Å². The lowest BCUT2D eigenvalue weighted by atomic mass is 9.73. The Bertz CT molecular complexity index is 372. The van der Waals surface area contributed by atoms with Gasteiger partial charge in [0.1, 0.15) is 5.60 Å². The number of carboxylic acids is 1. The lowest BCUT2D eigenvalue weighted by molar-refractivity contribution is -0.139. The molecule has 1 aliphatic heterocycles. The highest BCUT2D eigenvalue weighted by Gasteiger charge is 2.53. The first-order valence-electron chi connectivity index (χ1n) is 6.28. The van der Waals surface area contributed by atoms with Gasteiger partial charge in [0.2, 0.25) is 0 Å². The van der Waals surface area contributed by atoms with Gasteiger partial charge in [-0.3, -0.25) is 4.79 Å². The van der Waals surface area contributed by atoms with Gasteiger partial charge in [-0.15, -0.1) is 0 Å². The second-order valence-electron chi connectivity index (χ2n) is 6.66. The normalized spacial score (nSPS) is 25.9. The molecule has 0 aromatic heterocycles. The summed E-state index contributed by atoms with van der Waals surface area (Å²) in [5.74, 6) is -0.977. The van der Waals surface area contributed by atoms with Gasteiger partial charge < -0.3 is 19.9 Å². The number of nitrogens with one attached hydrogen (secondary N) is 1. The number of ether oxygens (including phenoxy) is 2. The Morgan fingerprint density at radius 2 is 1.89 bits per heavy atom. The molecular weight excluding hydrogens is 250 g/mol. The van der Waals surface area contributed by atoms with Gasteiger partial charge in [-0.2, -0.15) is 0 Å². The minimum atomic E-state index is -0.977. The number of aliphatic carboxylic acids is 1. The number of rotatable bonds is 3. The molecule has 0 aromatic rings. The number of carbonyl (C=O) groups is 2. The largest absolute Gasteiger partial charge is 0.481 e. The van der Waals surface area contributed by atoms with Crippen LogP contribution in [0.5, 0.6) is 0 Å². The molecule has 6 heteroatoms. The molecule has 1 rings (SSSR count). The first-order chi connectivity index (χ1) is 8.47. The van der Waals surface area contributed by atoms with Crippen LogP contribution < -0.4 is 5.32 Å². The number of hydrogen-bond donors (Lipinski definition) is 2. The maximum absolute atomic E-state index is 11.9. The van der Waals surface area contributed by atoms with Crippen LogP contribution >= 0.6 is 0 Å². The summed E-state index contributed by atoms with van der Waals surface area (Å²) in [4.78, 5) is 23.0. The van der Waals surface area contributed by atoms with Crippen molar-refractivity contribution in [2.75, 3.05) is 13.2 Å². The summed E-state index contributed by atoms with van der Waals surface area (Å²) in [5, 5.41) is 11.8. The van der Waals surface area contributed by atoms with E-state index in [1.807, 2.05) is 13.8 Å². The Morgan fingerprint density at radius 1 is 1.32 bits per heavy atom. The lowest BCUT2D eigenvalue weighted by Crippen LogP contribution is -2.59. The summed E-state index contributed by atoms with van der Waals surface area (Å²) >= 11 is 0. The lowest BCUT2D eigenvalue weighted by Gasteiger charge is -2.39. The van der Waals surface area contributed by atoms with Crippen molar-refractivity contribution < 1.29 is 24.2 Å². The fraction of sp³-hybridized carbons (Fsp3) is 0.846. The highest BCUT2D eigenvalue weighted by atomic mass is 16.6. The number of amides is 1. The summed E-state index contributed by atoms with van der Waals surface area (Å²) in [6, 6.07) is 0. The van der Waals surface area contributed by atoms with E-state index in [9.17, 15) is 9.59 Å². The fourth-order valence-corrected chi connectivity index (χ4v) is 2.11. The van der Waals surface area contributed by atoms with Crippen LogP contribution in [0.15, 0.2) is 0 Å². The van der Waals surface area contributed by atoms with Gasteiger partial charge in [0.05, 0.1) is 25.2 Å². The Balaban J connectivity index is 2.88. The maximum atomic E-state index is 11.9. The minimum Gasteiger partial charge on any atom is -0.481 e. The third-order valence-corrected chi connectivity index (χ3v) is 3.30. The summed E-state index contributed by atoms with van der Waals surface area (Å²) < 4.78 is 10.6. The van der Waals surface area contributed by atoms with Gasteiger partial charge in [0, 0.05) is 5.41 Å². The third kappa shape index (κ3) is 3.83.